The van der Waals surface area contributed by atoms with Crippen molar-refractivity contribution >= 4 is 17.6 Å². The normalized spacial score (nSPS) is 13.8. The zero-order chi connectivity index (χ0) is 29.1. The van der Waals surface area contributed by atoms with Crippen LogP contribution in [-0.2, 0) is 19.1 Å². The van der Waals surface area contributed by atoms with Gasteiger partial charge in [-0.1, -0.05) is 60.7 Å². The van der Waals surface area contributed by atoms with Gasteiger partial charge in [-0.25, -0.2) is 4.79 Å². The zero-order valence-corrected chi connectivity index (χ0v) is 22.4. The number of amides is 1. The molecule has 1 heterocycles. The molecule has 4 aromatic carbocycles. The summed E-state index contributed by atoms with van der Waals surface area (Å²) >= 11 is 0. The number of fused-ring (bicyclic) bond motifs is 1. The standard InChI is InChI=1S/C33H29F3N2O3/c1-21(26-8-4-5-11-29(26)33(34,35)36)37-31(39)25-16-17-30-24(19-25)7-6-18-38(30)20-22-12-14-23(15-13-22)27-9-2-3-10-28(27)32(40)41/h2-5,8-17,19,21H,6-7,18,20H2,1H3,(H,37,39)(H,40,41). The number of carboxylic acid groups (broad SMARTS) is 1. The highest BCUT2D eigenvalue weighted by Crippen LogP contribution is 2.35. The van der Waals surface area contributed by atoms with E-state index in [-0.39, 0.29) is 11.1 Å². The molecular weight excluding hydrogens is 529 g/mol. The maximum Gasteiger partial charge on any atom is 0.416 e. The van der Waals surface area contributed by atoms with Crippen LogP contribution in [0, 0.1) is 0 Å². The maximum atomic E-state index is 13.5. The minimum atomic E-state index is -4.51. The van der Waals surface area contributed by atoms with Crippen LogP contribution in [0.1, 0.15) is 62.4 Å². The molecule has 5 rings (SSSR count). The molecule has 41 heavy (non-hydrogen) atoms. The molecule has 0 saturated carbocycles. The number of anilines is 1. The lowest BCUT2D eigenvalue weighted by atomic mass is 9.96. The van der Waals surface area contributed by atoms with E-state index in [2.05, 4.69) is 10.2 Å². The molecule has 0 saturated heterocycles. The first-order chi connectivity index (χ1) is 19.6. The summed E-state index contributed by atoms with van der Waals surface area (Å²) in [5, 5.41) is 12.2. The Hall–Kier alpha value is -4.59. The molecule has 2 N–H and O–H groups in total. The van der Waals surface area contributed by atoms with Gasteiger partial charge in [0.15, 0.2) is 0 Å². The molecule has 8 heteroatoms. The van der Waals surface area contributed by atoms with E-state index < -0.39 is 29.7 Å². The summed E-state index contributed by atoms with van der Waals surface area (Å²) in [7, 11) is 0. The highest BCUT2D eigenvalue weighted by atomic mass is 19.4. The fraction of sp³-hybridized carbons (Fsp3) is 0.212. The Balaban J connectivity index is 1.30. The minimum absolute atomic E-state index is 0.0231. The van der Waals surface area contributed by atoms with Crippen molar-refractivity contribution in [3.8, 4) is 11.1 Å². The van der Waals surface area contributed by atoms with E-state index in [1.54, 1.807) is 31.2 Å². The first-order valence-electron chi connectivity index (χ1n) is 13.4. The Morgan fingerprint density at radius 2 is 1.66 bits per heavy atom. The predicted molar refractivity (Wildman–Crippen MR) is 152 cm³/mol. The fourth-order valence-electron chi connectivity index (χ4n) is 5.40. The van der Waals surface area contributed by atoms with Crippen LogP contribution in [-0.4, -0.2) is 23.5 Å². The second-order valence-electron chi connectivity index (χ2n) is 10.2. The van der Waals surface area contributed by atoms with Crippen molar-refractivity contribution in [3.05, 3.63) is 124 Å². The predicted octanol–water partition coefficient (Wildman–Crippen LogP) is 7.51. The average molecular weight is 559 g/mol. The van der Waals surface area contributed by atoms with Crippen LogP contribution >= 0.6 is 0 Å². The van der Waals surface area contributed by atoms with Gasteiger partial charge in [-0.3, -0.25) is 4.79 Å². The Morgan fingerprint density at radius 1 is 0.951 bits per heavy atom. The van der Waals surface area contributed by atoms with Gasteiger partial charge in [0.1, 0.15) is 0 Å². The molecule has 1 aliphatic rings. The Bertz CT molecular complexity index is 1580. The van der Waals surface area contributed by atoms with E-state index in [1.165, 1.54) is 18.2 Å². The van der Waals surface area contributed by atoms with E-state index in [1.807, 2.05) is 42.5 Å². The lowest BCUT2D eigenvalue weighted by Crippen LogP contribution is -2.30. The summed E-state index contributed by atoms with van der Waals surface area (Å²) in [6, 6.07) is 24.6. The van der Waals surface area contributed by atoms with E-state index in [9.17, 15) is 27.9 Å². The monoisotopic (exact) mass is 558 g/mol. The number of nitrogens with zero attached hydrogens (tertiary/aromatic N) is 1. The van der Waals surface area contributed by atoms with Crippen molar-refractivity contribution in [1.29, 1.82) is 0 Å². The molecule has 1 atom stereocenters. The van der Waals surface area contributed by atoms with E-state index in [0.717, 1.165) is 47.8 Å². The Morgan fingerprint density at radius 3 is 2.39 bits per heavy atom. The molecule has 0 bridgehead atoms. The van der Waals surface area contributed by atoms with Crippen LogP contribution < -0.4 is 10.2 Å². The van der Waals surface area contributed by atoms with Crippen molar-refractivity contribution in [2.45, 2.75) is 38.5 Å². The lowest BCUT2D eigenvalue weighted by Gasteiger charge is -2.32. The summed E-state index contributed by atoms with van der Waals surface area (Å²) < 4.78 is 40.4. The van der Waals surface area contributed by atoms with Gasteiger partial charge in [0.05, 0.1) is 17.2 Å². The number of carbonyl (C=O) groups excluding carboxylic acids is 1. The first kappa shape index (κ1) is 28.0. The molecule has 5 nitrogen and oxygen atoms in total. The molecule has 4 aromatic rings. The first-order valence-corrected chi connectivity index (χ1v) is 13.4. The molecule has 210 valence electrons. The fourth-order valence-corrected chi connectivity index (χ4v) is 5.40. The molecule has 0 aromatic heterocycles. The molecule has 0 fully saturated rings. The van der Waals surface area contributed by atoms with Gasteiger partial charge in [-0.15, -0.1) is 0 Å². The minimum Gasteiger partial charge on any atom is -0.478 e. The van der Waals surface area contributed by atoms with Crippen molar-refractivity contribution in [2.24, 2.45) is 0 Å². The van der Waals surface area contributed by atoms with Gasteiger partial charge in [0, 0.05) is 24.3 Å². The number of alkyl halides is 3. The van der Waals surface area contributed by atoms with Crippen molar-refractivity contribution in [3.63, 3.8) is 0 Å². The summed E-state index contributed by atoms with van der Waals surface area (Å²) in [5.41, 5.74) is 4.51. The van der Waals surface area contributed by atoms with Gasteiger partial charge in [-0.05, 0) is 77.9 Å². The van der Waals surface area contributed by atoms with Crippen LogP contribution in [0.15, 0.2) is 91.0 Å². The second kappa shape index (κ2) is 11.5. The number of carbonyl (C=O) groups is 2. The molecule has 1 aliphatic heterocycles. The SMILES string of the molecule is CC(NC(=O)c1ccc2c(c1)CCCN2Cc1ccc(-c2ccccc2C(=O)O)cc1)c1ccccc1C(F)(F)F. The second-order valence-corrected chi connectivity index (χ2v) is 10.2. The summed E-state index contributed by atoms with van der Waals surface area (Å²) in [5.74, 6) is -1.39. The zero-order valence-electron chi connectivity index (χ0n) is 22.4. The number of aryl methyl sites for hydroxylation is 1. The molecule has 1 unspecified atom stereocenters. The van der Waals surface area contributed by atoms with Gasteiger partial charge < -0.3 is 15.3 Å². The highest BCUT2D eigenvalue weighted by Gasteiger charge is 2.34. The highest BCUT2D eigenvalue weighted by molar-refractivity contribution is 5.96. The molecular formula is C33H29F3N2O3. The number of rotatable bonds is 7. The average Bonchev–Trinajstić information content (AvgIpc) is 2.97. The van der Waals surface area contributed by atoms with E-state index in [4.69, 9.17) is 0 Å². The number of nitrogens with one attached hydrogen (secondary N) is 1. The summed E-state index contributed by atoms with van der Waals surface area (Å²) in [4.78, 5) is 26.9. The number of carboxylic acids is 1. The van der Waals surface area contributed by atoms with Gasteiger partial charge >= 0.3 is 12.1 Å². The molecule has 0 aliphatic carbocycles. The number of aromatic carboxylic acids is 1. The quantitative estimate of drug-likeness (QED) is 0.246. The van der Waals surface area contributed by atoms with Crippen LogP contribution in [0.3, 0.4) is 0 Å². The largest absolute Gasteiger partial charge is 0.478 e. The Labute approximate surface area is 236 Å². The molecule has 1 amide bonds. The van der Waals surface area contributed by atoms with Gasteiger partial charge in [-0.2, -0.15) is 13.2 Å². The summed E-state index contributed by atoms with van der Waals surface area (Å²) in [6.45, 7) is 3.03. The molecule has 0 spiro atoms. The van der Waals surface area contributed by atoms with Crippen LogP contribution in [0.2, 0.25) is 0 Å². The third-order valence-electron chi connectivity index (χ3n) is 7.43. The smallest absolute Gasteiger partial charge is 0.416 e. The van der Waals surface area contributed by atoms with Crippen molar-refractivity contribution in [1.82, 2.24) is 5.32 Å². The van der Waals surface area contributed by atoms with Crippen molar-refractivity contribution < 1.29 is 27.9 Å². The third-order valence-corrected chi connectivity index (χ3v) is 7.43. The van der Waals surface area contributed by atoms with Crippen molar-refractivity contribution in [2.75, 3.05) is 11.4 Å². The van der Waals surface area contributed by atoms with Crippen LogP contribution in [0.4, 0.5) is 18.9 Å². The van der Waals surface area contributed by atoms with Gasteiger partial charge in [0.25, 0.3) is 5.91 Å². The summed E-state index contributed by atoms with van der Waals surface area (Å²) in [6.07, 6.45) is -2.81. The number of hydrogen-bond acceptors (Lipinski definition) is 3. The third kappa shape index (κ3) is 6.11. The van der Waals surface area contributed by atoms with E-state index >= 15 is 0 Å². The van der Waals surface area contributed by atoms with Crippen LogP contribution in [0.5, 0.6) is 0 Å². The van der Waals surface area contributed by atoms with E-state index in [0.29, 0.717) is 17.7 Å². The number of benzene rings is 4. The molecule has 0 radical (unpaired) electrons. The van der Waals surface area contributed by atoms with Crippen LogP contribution in [0.25, 0.3) is 11.1 Å². The lowest BCUT2D eigenvalue weighted by molar-refractivity contribution is -0.138. The number of halogens is 3. The maximum absolute atomic E-state index is 13.5. The van der Waals surface area contributed by atoms with Gasteiger partial charge in [0.2, 0.25) is 0 Å². The Kier molecular flexibility index (Phi) is 7.83. The topological polar surface area (TPSA) is 69.6 Å². The number of hydrogen-bond donors (Lipinski definition) is 2.